The van der Waals surface area contributed by atoms with Gasteiger partial charge >= 0.3 is 0 Å². The summed E-state index contributed by atoms with van der Waals surface area (Å²) in [4.78, 5) is 0. The van der Waals surface area contributed by atoms with Crippen LogP contribution in [0.3, 0.4) is 0 Å². The molecule has 0 aliphatic carbocycles. The minimum absolute atomic E-state index is 0.178. The monoisotopic (exact) mass is 244 g/mol. The largest absolute Gasteiger partial charge is 0.395 e. The lowest BCUT2D eigenvalue weighted by Gasteiger charge is -2.15. The molecule has 94 valence electrons. The number of rotatable bonds is 4. The molecule has 3 heteroatoms. The third-order valence-corrected chi connectivity index (χ3v) is 3.02. The second-order valence-electron chi connectivity index (χ2n) is 4.39. The normalized spacial score (nSPS) is 12.1. The number of nitrogen functional groups attached to an aromatic ring is 1. The first-order valence-electron chi connectivity index (χ1n) is 6.01. The third-order valence-electron chi connectivity index (χ3n) is 3.02. The van der Waals surface area contributed by atoms with Gasteiger partial charge in [0.1, 0.15) is 5.82 Å². The Morgan fingerprint density at radius 2 is 1.83 bits per heavy atom. The Balaban J connectivity index is 2.02. The molecule has 3 N–H and O–H groups in total. The van der Waals surface area contributed by atoms with E-state index in [1.54, 1.807) is 12.1 Å². The van der Waals surface area contributed by atoms with E-state index in [-0.39, 0.29) is 11.5 Å². The van der Waals surface area contributed by atoms with Crippen molar-refractivity contribution < 1.29 is 4.39 Å². The molecule has 2 rings (SSSR count). The summed E-state index contributed by atoms with van der Waals surface area (Å²) < 4.78 is 13.3. The maximum absolute atomic E-state index is 13.3. The molecule has 0 aliphatic heterocycles. The molecule has 0 aromatic heterocycles. The molecule has 2 aromatic carbocycles. The van der Waals surface area contributed by atoms with Crippen LogP contribution in [0.2, 0.25) is 0 Å². The SMILES string of the molecule is CC(CNc1cccc(F)c1N)c1ccccc1. The summed E-state index contributed by atoms with van der Waals surface area (Å²) in [6.07, 6.45) is 0. The minimum Gasteiger partial charge on any atom is -0.395 e. The van der Waals surface area contributed by atoms with Crippen molar-refractivity contribution >= 4 is 11.4 Å². The number of hydrogen-bond donors (Lipinski definition) is 2. The fourth-order valence-electron chi connectivity index (χ4n) is 1.85. The summed E-state index contributed by atoms with van der Waals surface area (Å²) in [6.45, 7) is 2.84. The van der Waals surface area contributed by atoms with Crippen LogP contribution in [0, 0.1) is 5.82 Å². The minimum atomic E-state index is -0.382. The number of nitrogens with two attached hydrogens (primary N) is 1. The van der Waals surface area contributed by atoms with Crippen molar-refractivity contribution in [1.82, 2.24) is 0 Å². The molecule has 0 spiro atoms. The molecule has 0 saturated carbocycles. The van der Waals surface area contributed by atoms with Crippen molar-refractivity contribution in [3.05, 3.63) is 59.9 Å². The van der Waals surface area contributed by atoms with Crippen LogP contribution in [-0.2, 0) is 0 Å². The zero-order valence-electron chi connectivity index (χ0n) is 10.4. The molecular weight excluding hydrogens is 227 g/mol. The Morgan fingerprint density at radius 1 is 1.11 bits per heavy atom. The molecule has 1 unspecified atom stereocenters. The van der Waals surface area contributed by atoms with Crippen molar-refractivity contribution in [2.75, 3.05) is 17.6 Å². The molecule has 0 aliphatic rings. The van der Waals surface area contributed by atoms with E-state index in [1.165, 1.54) is 11.6 Å². The molecule has 1 atom stereocenters. The molecule has 0 heterocycles. The van der Waals surface area contributed by atoms with Crippen LogP contribution in [0.25, 0.3) is 0 Å². The number of nitrogens with one attached hydrogen (secondary N) is 1. The Labute approximate surface area is 107 Å². The van der Waals surface area contributed by atoms with Gasteiger partial charge in [-0.05, 0) is 23.6 Å². The van der Waals surface area contributed by atoms with Crippen LogP contribution in [0.1, 0.15) is 18.4 Å². The van der Waals surface area contributed by atoms with Gasteiger partial charge in [0.2, 0.25) is 0 Å². The topological polar surface area (TPSA) is 38.0 Å². The van der Waals surface area contributed by atoms with Gasteiger partial charge in [0.25, 0.3) is 0 Å². The van der Waals surface area contributed by atoms with Crippen LogP contribution in [0.5, 0.6) is 0 Å². The van der Waals surface area contributed by atoms with Crippen LogP contribution in [-0.4, -0.2) is 6.54 Å². The molecule has 18 heavy (non-hydrogen) atoms. The smallest absolute Gasteiger partial charge is 0.148 e. The van der Waals surface area contributed by atoms with E-state index >= 15 is 0 Å². The van der Waals surface area contributed by atoms with Crippen LogP contribution in [0.15, 0.2) is 48.5 Å². The molecule has 0 fully saturated rings. The maximum atomic E-state index is 13.3. The first-order valence-corrected chi connectivity index (χ1v) is 6.01. The zero-order valence-corrected chi connectivity index (χ0v) is 10.4. The van der Waals surface area contributed by atoms with E-state index in [4.69, 9.17) is 5.73 Å². The van der Waals surface area contributed by atoms with Gasteiger partial charge in [-0.1, -0.05) is 43.3 Å². The summed E-state index contributed by atoms with van der Waals surface area (Å²) in [7, 11) is 0. The van der Waals surface area contributed by atoms with Gasteiger partial charge in [0, 0.05) is 6.54 Å². The van der Waals surface area contributed by atoms with Crippen molar-refractivity contribution in [2.24, 2.45) is 0 Å². The Morgan fingerprint density at radius 3 is 2.56 bits per heavy atom. The van der Waals surface area contributed by atoms with E-state index in [0.717, 1.165) is 6.54 Å². The van der Waals surface area contributed by atoms with Gasteiger partial charge < -0.3 is 11.1 Å². The quantitative estimate of drug-likeness (QED) is 0.806. The van der Waals surface area contributed by atoms with Crippen LogP contribution >= 0.6 is 0 Å². The Kier molecular flexibility index (Phi) is 3.82. The summed E-state index contributed by atoms with van der Waals surface area (Å²) in [5.41, 5.74) is 7.75. The number of halogens is 1. The van der Waals surface area contributed by atoms with Crippen LogP contribution < -0.4 is 11.1 Å². The van der Waals surface area contributed by atoms with Gasteiger partial charge in [0.05, 0.1) is 11.4 Å². The van der Waals surface area contributed by atoms with Crippen molar-refractivity contribution in [3.63, 3.8) is 0 Å². The summed E-state index contributed by atoms with van der Waals surface area (Å²) in [5, 5.41) is 3.19. The molecule has 0 amide bonds. The number of hydrogen-bond acceptors (Lipinski definition) is 2. The lowest BCUT2D eigenvalue weighted by Crippen LogP contribution is -2.11. The van der Waals surface area contributed by atoms with Gasteiger partial charge in [-0.25, -0.2) is 4.39 Å². The van der Waals surface area contributed by atoms with Crippen molar-refractivity contribution in [3.8, 4) is 0 Å². The van der Waals surface area contributed by atoms with Crippen molar-refractivity contribution in [1.29, 1.82) is 0 Å². The first-order chi connectivity index (χ1) is 8.68. The van der Waals surface area contributed by atoms with Crippen LogP contribution in [0.4, 0.5) is 15.8 Å². The second kappa shape index (κ2) is 5.54. The molecule has 2 nitrogen and oxygen atoms in total. The summed E-state index contributed by atoms with van der Waals surface area (Å²) >= 11 is 0. The molecule has 2 aromatic rings. The average Bonchev–Trinajstić information content (AvgIpc) is 2.41. The molecule has 0 radical (unpaired) electrons. The number of anilines is 2. The van der Waals surface area contributed by atoms with Gasteiger partial charge in [-0.2, -0.15) is 0 Å². The maximum Gasteiger partial charge on any atom is 0.148 e. The highest BCUT2D eigenvalue weighted by Crippen LogP contribution is 2.23. The Bertz CT molecular complexity index is 511. The van der Waals surface area contributed by atoms with E-state index < -0.39 is 0 Å². The number of para-hydroxylation sites is 1. The average molecular weight is 244 g/mol. The fraction of sp³-hybridized carbons (Fsp3) is 0.200. The van der Waals surface area contributed by atoms with Crippen molar-refractivity contribution in [2.45, 2.75) is 12.8 Å². The third kappa shape index (κ3) is 2.80. The van der Waals surface area contributed by atoms with E-state index in [2.05, 4.69) is 24.4 Å². The molecule has 0 bridgehead atoms. The fourth-order valence-corrected chi connectivity index (χ4v) is 1.85. The Hall–Kier alpha value is -2.03. The van der Waals surface area contributed by atoms with E-state index in [0.29, 0.717) is 11.6 Å². The standard InChI is InChI=1S/C15H17FN2/c1-11(12-6-3-2-4-7-12)10-18-14-9-5-8-13(16)15(14)17/h2-9,11,18H,10,17H2,1H3. The van der Waals surface area contributed by atoms with E-state index in [9.17, 15) is 4.39 Å². The van der Waals surface area contributed by atoms with Gasteiger partial charge in [0.15, 0.2) is 0 Å². The first kappa shape index (κ1) is 12.4. The molecule has 0 saturated heterocycles. The second-order valence-corrected chi connectivity index (χ2v) is 4.39. The summed E-state index contributed by atoms with van der Waals surface area (Å²) in [5.74, 6) is -0.0405. The number of benzene rings is 2. The predicted octanol–water partition coefficient (Wildman–Crippen LogP) is 3.62. The van der Waals surface area contributed by atoms with E-state index in [1.807, 2.05) is 18.2 Å². The highest BCUT2D eigenvalue weighted by atomic mass is 19.1. The molecular formula is C15H17FN2. The van der Waals surface area contributed by atoms with Gasteiger partial charge in [-0.3, -0.25) is 0 Å². The lowest BCUT2D eigenvalue weighted by atomic mass is 10.0. The lowest BCUT2D eigenvalue weighted by molar-refractivity contribution is 0.632. The summed E-state index contributed by atoms with van der Waals surface area (Å²) in [6, 6.07) is 15.0. The van der Waals surface area contributed by atoms with Gasteiger partial charge in [-0.15, -0.1) is 0 Å². The zero-order chi connectivity index (χ0) is 13.0. The highest BCUT2D eigenvalue weighted by molar-refractivity contribution is 5.66. The predicted molar refractivity (Wildman–Crippen MR) is 74.2 cm³/mol. The highest BCUT2D eigenvalue weighted by Gasteiger charge is 2.07.